The molecule has 1 atom stereocenters. The van der Waals surface area contributed by atoms with Gasteiger partial charge in [-0.2, -0.15) is 0 Å². The lowest BCUT2D eigenvalue weighted by Crippen LogP contribution is -2.28. The molecule has 0 saturated heterocycles. The standard InChI is InChI=1S/C42H45NO7/c1-23(2)30-21-31-27(19-37(44)50-34(31)14-24(30)3)22-49-41(45)38-29-12-10-11-13-33(29)43-39-26(18-28(20-32(38)39)42(4,5)6)15-25-16-35(46-7)40(48-9)36(17-25)47-8/h10-17,19,21,23,28H,18,20,22H2,1-9H3/b26-15+. The number of aromatic nitrogens is 1. The third-order valence-corrected chi connectivity index (χ3v) is 9.87. The van der Waals surface area contributed by atoms with Crippen molar-refractivity contribution in [1.82, 2.24) is 4.98 Å². The summed E-state index contributed by atoms with van der Waals surface area (Å²) in [6, 6.07) is 16.9. The topological polar surface area (TPSA) is 97.1 Å². The predicted molar refractivity (Wildman–Crippen MR) is 197 cm³/mol. The third kappa shape index (κ3) is 6.59. The molecule has 8 heteroatoms. The third-order valence-electron chi connectivity index (χ3n) is 9.87. The summed E-state index contributed by atoms with van der Waals surface area (Å²) in [6.07, 6.45) is 3.51. The minimum atomic E-state index is -0.485. The highest BCUT2D eigenvalue weighted by Crippen LogP contribution is 2.46. The van der Waals surface area contributed by atoms with E-state index in [1.807, 2.05) is 55.5 Å². The maximum Gasteiger partial charge on any atom is 0.339 e. The first-order valence-corrected chi connectivity index (χ1v) is 17.0. The molecule has 1 aliphatic carbocycles. The van der Waals surface area contributed by atoms with Crippen LogP contribution in [0.15, 0.2) is 63.8 Å². The van der Waals surface area contributed by atoms with Gasteiger partial charge in [0, 0.05) is 22.4 Å². The molecule has 260 valence electrons. The van der Waals surface area contributed by atoms with Crippen LogP contribution in [0.4, 0.5) is 0 Å². The first-order valence-electron chi connectivity index (χ1n) is 17.0. The Balaban J connectivity index is 1.49. The zero-order valence-electron chi connectivity index (χ0n) is 30.4. The van der Waals surface area contributed by atoms with Crippen LogP contribution in [-0.2, 0) is 17.8 Å². The normalized spacial score (nSPS) is 15.4. The van der Waals surface area contributed by atoms with Gasteiger partial charge < -0.3 is 23.4 Å². The van der Waals surface area contributed by atoms with Gasteiger partial charge in [0.25, 0.3) is 0 Å². The number of aryl methyl sites for hydroxylation is 1. The highest BCUT2D eigenvalue weighted by Gasteiger charge is 2.35. The molecular formula is C42H45NO7. The van der Waals surface area contributed by atoms with Crippen molar-refractivity contribution in [2.45, 2.75) is 66.9 Å². The molecule has 3 aromatic carbocycles. The maximum absolute atomic E-state index is 14.4. The molecular weight excluding hydrogens is 630 g/mol. The zero-order valence-corrected chi connectivity index (χ0v) is 30.4. The number of fused-ring (bicyclic) bond motifs is 3. The maximum atomic E-state index is 14.4. The number of para-hydroxylation sites is 1. The van der Waals surface area contributed by atoms with Gasteiger partial charge in [-0.15, -0.1) is 0 Å². The summed E-state index contributed by atoms with van der Waals surface area (Å²) in [5.74, 6) is 1.64. The molecule has 0 saturated carbocycles. The summed E-state index contributed by atoms with van der Waals surface area (Å²) in [4.78, 5) is 32.2. The number of hydrogen-bond acceptors (Lipinski definition) is 8. The molecule has 0 aliphatic heterocycles. The molecule has 50 heavy (non-hydrogen) atoms. The van der Waals surface area contributed by atoms with Crippen molar-refractivity contribution in [3.63, 3.8) is 0 Å². The fourth-order valence-electron chi connectivity index (χ4n) is 7.10. The van der Waals surface area contributed by atoms with Crippen molar-refractivity contribution in [1.29, 1.82) is 0 Å². The summed E-state index contributed by atoms with van der Waals surface area (Å²) in [6.45, 7) is 12.9. The van der Waals surface area contributed by atoms with E-state index in [1.165, 1.54) is 6.07 Å². The number of allylic oxidation sites excluding steroid dienone is 1. The lowest BCUT2D eigenvalue weighted by Gasteiger charge is -2.36. The first-order chi connectivity index (χ1) is 23.8. The van der Waals surface area contributed by atoms with E-state index in [0.29, 0.717) is 45.9 Å². The Kier molecular flexibility index (Phi) is 9.49. The van der Waals surface area contributed by atoms with Crippen molar-refractivity contribution < 1.29 is 28.2 Å². The average Bonchev–Trinajstić information content (AvgIpc) is 3.07. The minimum absolute atomic E-state index is 0.0673. The predicted octanol–water partition coefficient (Wildman–Crippen LogP) is 9.30. The quantitative estimate of drug-likeness (QED) is 0.119. The molecule has 0 amide bonds. The number of rotatable bonds is 8. The van der Waals surface area contributed by atoms with E-state index < -0.39 is 11.6 Å². The van der Waals surface area contributed by atoms with E-state index in [4.69, 9.17) is 28.3 Å². The second kappa shape index (κ2) is 13.7. The Morgan fingerprint density at radius 1 is 0.960 bits per heavy atom. The van der Waals surface area contributed by atoms with Crippen LogP contribution in [0.3, 0.4) is 0 Å². The van der Waals surface area contributed by atoms with E-state index >= 15 is 0 Å². The Morgan fingerprint density at radius 3 is 2.30 bits per heavy atom. The molecule has 5 aromatic rings. The summed E-state index contributed by atoms with van der Waals surface area (Å²) in [7, 11) is 4.78. The van der Waals surface area contributed by atoms with Crippen LogP contribution in [0, 0.1) is 18.3 Å². The molecule has 1 aliphatic rings. The van der Waals surface area contributed by atoms with Gasteiger partial charge in [0.05, 0.1) is 38.1 Å². The van der Waals surface area contributed by atoms with Crippen LogP contribution in [0.1, 0.15) is 90.8 Å². The second-order valence-electron chi connectivity index (χ2n) is 14.5. The van der Waals surface area contributed by atoms with Gasteiger partial charge in [-0.3, -0.25) is 0 Å². The summed E-state index contributed by atoms with van der Waals surface area (Å²) in [5.41, 5.74) is 7.42. The van der Waals surface area contributed by atoms with E-state index in [9.17, 15) is 9.59 Å². The van der Waals surface area contributed by atoms with Crippen molar-refractivity contribution >= 4 is 39.5 Å². The number of hydrogen-bond donors (Lipinski definition) is 0. The van der Waals surface area contributed by atoms with Gasteiger partial charge in [-0.05, 0) is 101 Å². The van der Waals surface area contributed by atoms with Gasteiger partial charge in [0.2, 0.25) is 5.75 Å². The van der Waals surface area contributed by atoms with Gasteiger partial charge >= 0.3 is 11.6 Å². The zero-order chi connectivity index (χ0) is 35.9. The minimum Gasteiger partial charge on any atom is -0.493 e. The molecule has 0 radical (unpaired) electrons. The molecule has 0 N–H and O–H groups in total. The molecule has 8 nitrogen and oxygen atoms in total. The van der Waals surface area contributed by atoms with Crippen LogP contribution in [-0.4, -0.2) is 32.3 Å². The van der Waals surface area contributed by atoms with E-state index in [2.05, 4.69) is 40.7 Å². The summed E-state index contributed by atoms with van der Waals surface area (Å²) in [5, 5.41) is 1.49. The van der Waals surface area contributed by atoms with Crippen LogP contribution in [0.5, 0.6) is 17.2 Å². The molecule has 0 fully saturated rings. The number of methoxy groups -OCH3 is 3. The number of carbonyl (C=O) groups excluding carboxylic acids is 1. The molecule has 0 spiro atoms. The second-order valence-corrected chi connectivity index (χ2v) is 14.5. The Morgan fingerprint density at radius 2 is 1.66 bits per heavy atom. The Hall–Kier alpha value is -5.11. The average molecular weight is 676 g/mol. The fourth-order valence-corrected chi connectivity index (χ4v) is 7.10. The van der Waals surface area contributed by atoms with Gasteiger partial charge in [-0.25, -0.2) is 14.6 Å². The SMILES string of the molecule is COc1cc(/C=C2\CC(C(C)(C)C)Cc3c2nc2ccccc2c3C(=O)OCc2cc(=O)oc3cc(C)c(C(C)C)cc23)cc(OC)c1OC. The fraction of sp³-hybridized carbons (Fsp3) is 0.357. The van der Waals surface area contributed by atoms with Crippen LogP contribution >= 0.6 is 0 Å². The van der Waals surface area contributed by atoms with E-state index in [-0.39, 0.29) is 23.9 Å². The smallest absolute Gasteiger partial charge is 0.339 e. The molecule has 6 rings (SSSR count). The lowest BCUT2D eigenvalue weighted by molar-refractivity contribution is 0.0473. The highest BCUT2D eigenvalue weighted by atomic mass is 16.5. The van der Waals surface area contributed by atoms with E-state index in [0.717, 1.165) is 50.7 Å². The largest absolute Gasteiger partial charge is 0.493 e. The van der Waals surface area contributed by atoms with Crippen molar-refractivity contribution in [2.75, 3.05) is 21.3 Å². The van der Waals surface area contributed by atoms with Crippen molar-refractivity contribution in [3.05, 3.63) is 104 Å². The van der Waals surface area contributed by atoms with Crippen LogP contribution in [0.25, 0.3) is 33.5 Å². The Labute approximate surface area is 293 Å². The molecule has 0 bridgehead atoms. The monoisotopic (exact) mass is 675 g/mol. The summed E-state index contributed by atoms with van der Waals surface area (Å²) >= 11 is 0. The van der Waals surface area contributed by atoms with Crippen molar-refractivity contribution in [3.8, 4) is 17.2 Å². The number of pyridine rings is 1. The van der Waals surface area contributed by atoms with Gasteiger partial charge in [-0.1, -0.05) is 52.8 Å². The van der Waals surface area contributed by atoms with Crippen molar-refractivity contribution in [2.24, 2.45) is 11.3 Å². The number of carbonyl (C=O) groups is 1. The first kappa shape index (κ1) is 34.7. The number of benzene rings is 3. The molecule has 2 aromatic heterocycles. The van der Waals surface area contributed by atoms with E-state index in [1.54, 1.807) is 21.3 Å². The summed E-state index contributed by atoms with van der Waals surface area (Å²) < 4.78 is 28.5. The highest BCUT2D eigenvalue weighted by molar-refractivity contribution is 6.07. The lowest BCUT2D eigenvalue weighted by atomic mass is 9.69. The molecule has 2 heterocycles. The van der Waals surface area contributed by atoms with Gasteiger partial charge in [0.1, 0.15) is 12.2 Å². The Bertz CT molecular complexity index is 2180. The van der Waals surface area contributed by atoms with Gasteiger partial charge in [0.15, 0.2) is 11.5 Å². The number of ether oxygens (including phenoxy) is 4. The number of esters is 1. The molecule has 1 unspecified atom stereocenters. The van der Waals surface area contributed by atoms with Crippen LogP contribution < -0.4 is 19.8 Å². The number of nitrogens with zero attached hydrogens (tertiary/aromatic N) is 1. The van der Waals surface area contributed by atoms with Crippen LogP contribution in [0.2, 0.25) is 0 Å².